The Balaban J connectivity index is 2.37. The fraction of sp³-hybridized carbons (Fsp3) is 0.308. The highest BCUT2D eigenvalue weighted by Gasteiger charge is 2.14. The molecule has 82 valence electrons. The molecule has 16 heavy (non-hydrogen) atoms. The topological polar surface area (TPSA) is 42.2 Å². The first-order valence-electron chi connectivity index (χ1n) is 5.22. The normalized spacial score (nSPS) is 14.0. The zero-order chi connectivity index (χ0) is 11.5. The molecule has 0 unspecified atom stereocenters. The number of fused-ring (bicyclic) bond motifs is 1. The molecule has 3 nitrogen and oxygen atoms in total. The van der Waals surface area contributed by atoms with Gasteiger partial charge in [0.25, 0.3) is 0 Å². The van der Waals surface area contributed by atoms with E-state index in [0.717, 1.165) is 11.3 Å². The molecule has 0 aromatic heterocycles. The first-order valence-corrected chi connectivity index (χ1v) is 5.22. The standard InChI is InChI=1S/C13H13NO2/c1-9(2)5-11(7-14)10-3-4-12-13(6-10)16-8-15-12/h3-6,9H,8H2,1-2H3/b11-5+. The second kappa shape index (κ2) is 4.28. The lowest BCUT2D eigenvalue weighted by Crippen LogP contribution is -1.92. The Morgan fingerprint density at radius 1 is 1.38 bits per heavy atom. The van der Waals surface area contributed by atoms with E-state index in [0.29, 0.717) is 17.2 Å². The molecule has 0 aliphatic carbocycles. The molecule has 2 rings (SSSR count). The Morgan fingerprint density at radius 3 is 2.81 bits per heavy atom. The molecule has 0 bridgehead atoms. The molecular weight excluding hydrogens is 202 g/mol. The van der Waals surface area contributed by atoms with Crippen LogP contribution in [0.25, 0.3) is 5.57 Å². The quantitative estimate of drug-likeness (QED) is 0.712. The summed E-state index contributed by atoms with van der Waals surface area (Å²) in [7, 11) is 0. The van der Waals surface area contributed by atoms with Gasteiger partial charge in [0.05, 0.1) is 11.6 Å². The summed E-state index contributed by atoms with van der Waals surface area (Å²) < 4.78 is 10.5. The molecule has 1 aromatic rings. The first kappa shape index (κ1) is 10.6. The van der Waals surface area contributed by atoms with Crippen molar-refractivity contribution in [1.82, 2.24) is 0 Å². The lowest BCUT2D eigenvalue weighted by atomic mass is 10.0. The van der Waals surface area contributed by atoms with Gasteiger partial charge in [0.2, 0.25) is 6.79 Å². The van der Waals surface area contributed by atoms with Crippen molar-refractivity contribution in [2.24, 2.45) is 5.92 Å². The van der Waals surface area contributed by atoms with Crippen molar-refractivity contribution in [3.8, 4) is 17.6 Å². The van der Waals surface area contributed by atoms with E-state index in [1.54, 1.807) is 0 Å². The van der Waals surface area contributed by atoms with Crippen molar-refractivity contribution < 1.29 is 9.47 Å². The zero-order valence-electron chi connectivity index (χ0n) is 9.36. The minimum Gasteiger partial charge on any atom is -0.454 e. The van der Waals surface area contributed by atoms with Gasteiger partial charge >= 0.3 is 0 Å². The maximum Gasteiger partial charge on any atom is 0.231 e. The van der Waals surface area contributed by atoms with Gasteiger partial charge in [0, 0.05) is 0 Å². The third kappa shape index (κ3) is 2.01. The number of nitriles is 1. The fourth-order valence-corrected chi connectivity index (χ4v) is 1.60. The molecule has 0 fully saturated rings. The summed E-state index contributed by atoms with van der Waals surface area (Å²) >= 11 is 0. The maximum atomic E-state index is 9.09. The summed E-state index contributed by atoms with van der Waals surface area (Å²) in [6.45, 7) is 4.35. The van der Waals surface area contributed by atoms with Crippen LogP contribution < -0.4 is 9.47 Å². The molecule has 0 atom stereocenters. The average molecular weight is 215 g/mol. The summed E-state index contributed by atoms with van der Waals surface area (Å²) in [5, 5.41) is 9.09. The molecule has 0 radical (unpaired) electrons. The Labute approximate surface area is 94.9 Å². The first-order chi connectivity index (χ1) is 7.70. The van der Waals surface area contributed by atoms with Crippen LogP contribution >= 0.6 is 0 Å². The van der Waals surface area contributed by atoms with Crippen LogP contribution in [0.1, 0.15) is 19.4 Å². The van der Waals surface area contributed by atoms with E-state index >= 15 is 0 Å². The number of benzene rings is 1. The second-order valence-corrected chi connectivity index (χ2v) is 4.00. The zero-order valence-corrected chi connectivity index (χ0v) is 9.36. The van der Waals surface area contributed by atoms with E-state index in [1.165, 1.54) is 0 Å². The van der Waals surface area contributed by atoms with Crippen LogP contribution in [-0.2, 0) is 0 Å². The van der Waals surface area contributed by atoms with E-state index in [9.17, 15) is 0 Å². The molecule has 0 saturated carbocycles. The third-order valence-electron chi connectivity index (χ3n) is 2.30. The van der Waals surface area contributed by atoms with Gasteiger partial charge in [-0.05, 0) is 29.7 Å². The fourth-order valence-electron chi connectivity index (χ4n) is 1.60. The predicted octanol–water partition coefficient (Wildman–Crippen LogP) is 2.98. The van der Waals surface area contributed by atoms with Gasteiger partial charge < -0.3 is 9.47 Å². The lowest BCUT2D eigenvalue weighted by Gasteiger charge is -2.03. The number of nitrogens with zero attached hydrogens (tertiary/aromatic N) is 1. The maximum absolute atomic E-state index is 9.09. The van der Waals surface area contributed by atoms with Crippen LogP contribution in [0.3, 0.4) is 0 Å². The number of hydrogen-bond donors (Lipinski definition) is 0. The van der Waals surface area contributed by atoms with Gasteiger partial charge in [0.1, 0.15) is 0 Å². The van der Waals surface area contributed by atoms with Gasteiger partial charge in [-0.2, -0.15) is 5.26 Å². The number of hydrogen-bond acceptors (Lipinski definition) is 3. The predicted molar refractivity (Wildman–Crippen MR) is 61.0 cm³/mol. The minimum atomic E-state index is 0.259. The van der Waals surface area contributed by atoms with E-state index in [2.05, 4.69) is 6.07 Å². The van der Waals surface area contributed by atoms with E-state index in [4.69, 9.17) is 14.7 Å². The number of ether oxygens (including phenoxy) is 2. The lowest BCUT2D eigenvalue weighted by molar-refractivity contribution is 0.174. The van der Waals surface area contributed by atoms with Crippen molar-refractivity contribution in [3.63, 3.8) is 0 Å². The van der Waals surface area contributed by atoms with E-state index in [-0.39, 0.29) is 6.79 Å². The van der Waals surface area contributed by atoms with E-state index in [1.807, 2.05) is 38.1 Å². The van der Waals surface area contributed by atoms with Crippen LogP contribution in [0, 0.1) is 17.2 Å². The molecule has 1 heterocycles. The molecule has 1 aliphatic heterocycles. The number of rotatable bonds is 2. The summed E-state index contributed by atoms with van der Waals surface area (Å²) in [5.41, 5.74) is 1.55. The third-order valence-corrected chi connectivity index (χ3v) is 2.30. The van der Waals surface area contributed by atoms with E-state index < -0.39 is 0 Å². The molecule has 1 aliphatic rings. The van der Waals surface area contributed by atoms with Crippen LogP contribution in [0.2, 0.25) is 0 Å². The monoisotopic (exact) mass is 215 g/mol. The Morgan fingerprint density at radius 2 is 2.12 bits per heavy atom. The van der Waals surface area contributed by atoms with Crippen molar-refractivity contribution in [2.45, 2.75) is 13.8 Å². The highest BCUT2D eigenvalue weighted by atomic mass is 16.7. The molecule has 0 N–H and O–H groups in total. The smallest absolute Gasteiger partial charge is 0.231 e. The number of allylic oxidation sites excluding steroid dienone is 2. The molecular formula is C13H13NO2. The minimum absolute atomic E-state index is 0.259. The molecule has 0 spiro atoms. The van der Waals surface area contributed by atoms with Gasteiger partial charge in [-0.25, -0.2) is 0 Å². The molecule has 0 amide bonds. The van der Waals surface area contributed by atoms with Crippen molar-refractivity contribution in [1.29, 1.82) is 5.26 Å². The van der Waals surface area contributed by atoms with Gasteiger partial charge in [-0.3, -0.25) is 0 Å². The molecule has 0 saturated heterocycles. The summed E-state index contributed by atoms with van der Waals surface area (Å²) in [6, 6.07) is 7.77. The van der Waals surface area contributed by atoms with Crippen LogP contribution in [-0.4, -0.2) is 6.79 Å². The van der Waals surface area contributed by atoms with Crippen LogP contribution in [0.4, 0.5) is 0 Å². The van der Waals surface area contributed by atoms with Gasteiger partial charge in [-0.15, -0.1) is 0 Å². The highest BCUT2D eigenvalue weighted by molar-refractivity contribution is 5.78. The molecule has 1 aromatic carbocycles. The highest BCUT2D eigenvalue weighted by Crippen LogP contribution is 2.34. The molecule has 3 heteroatoms. The van der Waals surface area contributed by atoms with Gasteiger partial charge in [-0.1, -0.05) is 19.9 Å². The van der Waals surface area contributed by atoms with Crippen molar-refractivity contribution >= 4 is 5.57 Å². The SMILES string of the molecule is CC(C)/C=C(\C#N)c1ccc2c(c1)OCO2. The second-order valence-electron chi connectivity index (χ2n) is 4.00. The van der Waals surface area contributed by atoms with Crippen LogP contribution in [0.5, 0.6) is 11.5 Å². The Hall–Kier alpha value is -1.95. The van der Waals surface area contributed by atoms with Crippen molar-refractivity contribution in [2.75, 3.05) is 6.79 Å². The van der Waals surface area contributed by atoms with Crippen molar-refractivity contribution in [3.05, 3.63) is 29.8 Å². The summed E-state index contributed by atoms with van der Waals surface area (Å²) in [4.78, 5) is 0. The average Bonchev–Trinajstić information content (AvgIpc) is 2.72. The van der Waals surface area contributed by atoms with Gasteiger partial charge in [0.15, 0.2) is 11.5 Å². The summed E-state index contributed by atoms with van der Waals surface area (Å²) in [6.07, 6.45) is 1.94. The Kier molecular flexibility index (Phi) is 2.82. The Bertz CT molecular complexity index is 469. The largest absolute Gasteiger partial charge is 0.454 e. The van der Waals surface area contributed by atoms with Crippen LogP contribution in [0.15, 0.2) is 24.3 Å². The summed E-state index contributed by atoms with van der Waals surface area (Å²) in [5.74, 6) is 1.80.